The summed E-state index contributed by atoms with van der Waals surface area (Å²) in [4.78, 5) is 11.3. The second kappa shape index (κ2) is 7.14. The highest BCUT2D eigenvalue weighted by Crippen LogP contribution is 2.39. The Labute approximate surface area is 170 Å². The standard InChI is InChI=1S/C22H18F3N5/c23-22(24,25)17-11-28-21(29-19-12-26-9-13-5-1-2-6-14(13)19)30-20(17)16-10-27-18-8-4-3-7-15(16)18/h1-8,10-11,19,26-27H,9,12H2,(H,28,29,30). The Bertz CT molecular complexity index is 1210. The lowest BCUT2D eigenvalue weighted by Gasteiger charge is -2.27. The molecule has 0 bridgehead atoms. The molecule has 0 amide bonds. The van der Waals surface area contributed by atoms with Crippen LogP contribution in [0.1, 0.15) is 22.7 Å². The molecule has 0 spiro atoms. The third-order valence-electron chi connectivity index (χ3n) is 5.34. The minimum Gasteiger partial charge on any atom is -0.360 e. The average molecular weight is 409 g/mol. The van der Waals surface area contributed by atoms with Crippen LogP contribution in [0.4, 0.5) is 19.1 Å². The van der Waals surface area contributed by atoms with Crippen LogP contribution in [0.3, 0.4) is 0 Å². The first-order chi connectivity index (χ1) is 14.5. The fraction of sp³-hybridized carbons (Fsp3) is 0.182. The van der Waals surface area contributed by atoms with E-state index in [2.05, 4.69) is 25.6 Å². The molecule has 4 aromatic rings. The highest BCUT2D eigenvalue weighted by molar-refractivity contribution is 5.95. The van der Waals surface area contributed by atoms with Gasteiger partial charge in [0.2, 0.25) is 5.95 Å². The average Bonchev–Trinajstić information content (AvgIpc) is 3.17. The van der Waals surface area contributed by atoms with Gasteiger partial charge in [0.25, 0.3) is 0 Å². The lowest BCUT2D eigenvalue weighted by Crippen LogP contribution is -2.32. The van der Waals surface area contributed by atoms with Gasteiger partial charge in [-0.15, -0.1) is 0 Å². The first kappa shape index (κ1) is 18.6. The number of benzene rings is 2. The zero-order chi connectivity index (χ0) is 20.7. The molecule has 3 N–H and O–H groups in total. The Hall–Kier alpha value is -3.39. The van der Waals surface area contributed by atoms with Gasteiger partial charge in [0, 0.05) is 41.9 Å². The van der Waals surface area contributed by atoms with Gasteiger partial charge in [0.05, 0.1) is 11.7 Å². The number of hydrogen-bond donors (Lipinski definition) is 3. The van der Waals surface area contributed by atoms with Gasteiger partial charge in [-0.25, -0.2) is 9.97 Å². The molecule has 5 nitrogen and oxygen atoms in total. The van der Waals surface area contributed by atoms with Crippen molar-refractivity contribution in [2.75, 3.05) is 11.9 Å². The Morgan fingerprint density at radius 1 is 1.03 bits per heavy atom. The maximum Gasteiger partial charge on any atom is 0.419 e. The Balaban J connectivity index is 1.58. The second-order valence-corrected chi connectivity index (χ2v) is 7.23. The summed E-state index contributed by atoms with van der Waals surface area (Å²) < 4.78 is 41.1. The van der Waals surface area contributed by atoms with E-state index in [4.69, 9.17) is 0 Å². The summed E-state index contributed by atoms with van der Waals surface area (Å²) in [5, 5.41) is 7.19. The quantitative estimate of drug-likeness (QED) is 0.450. The van der Waals surface area contributed by atoms with Crippen molar-refractivity contribution in [2.45, 2.75) is 18.8 Å². The maximum absolute atomic E-state index is 13.7. The molecule has 2 aromatic carbocycles. The smallest absolute Gasteiger partial charge is 0.360 e. The lowest BCUT2D eigenvalue weighted by molar-refractivity contribution is -0.137. The molecule has 0 radical (unpaired) electrons. The van der Waals surface area contributed by atoms with Gasteiger partial charge in [0.1, 0.15) is 5.56 Å². The van der Waals surface area contributed by atoms with Crippen LogP contribution in [-0.4, -0.2) is 21.5 Å². The molecule has 1 unspecified atom stereocenters. The third-order valence-corrected chi connectivity index (χ3v) is 5.34. The van der Waals surface area contributed by atoms with Gasteiger partial charge < -0.3 is 15.6 Å². The van der Waals surface area contributed by atoms with E-state index in [1.807, 2.05) is 36.4 Å². The number of nitrogens with one attached hydrogen (secondary N) is 3. The molecule has 30 heavy (non-hydrogen) atoms. The van der Waals surface area contributed by atoms with E-state index in [1.54, 1.807) is 18.3 Å². The molecule has 152 valence electrons. The molecule has 8 heteroatoms. The van der Waals surface area contributed by atoms with Crippen molar-refractivity contribution in [1.29, 1.82) is 0 Å². The van der Waals surface area contributed by atoms with Gasteiger partial charge in [-0.2, -0.15) is 13.2 Å². The number of alkyl halides is 3. The summed E-state index contributed by atoms with van der Waals surface area (Å²) in [7, 11) is 0. The molecule has 0 fully saturated rings. The first-order valence-electron chi connectivity index (χ1n) is 9.56. The summed E-state index contributed by atoms with van der Waals surface area (Å²) in [6, 6.07) is 15.0. The van der Waals surface area contributed by atoms with E-state index in [0.29, 0.717) is 17.5 Å². The molecular formula is C22H18F3N5. The summed E-state index contributed by atoms with van der Waals surface area (Å²) >= 11 is 0. The molecule has 0 aliphatic carbocycles. The molecule has 2 aromatic heterocycles. The van der Waals surface area contributed by atoms with E-state index in [9.17, 15) is 13.2 Å². The van der Waals surface area contributed by atoms with Crippen molar-refractivity contribution in [3.05, 3.63) is 77.6 Å². The van der Waals surface area contributed by atoms with E-state index >= 15 is 0 Å². The number of para-hydroxylation sites is 1. The van der Waals surface area contributed by atoms with Crippen LogP contribution in [0.2, 0.25) is 0 Å². The van der Waals surface area contributed by atoms with Crippen LogP contribution < -0.4 is 10.6 Å². The number of fused-ring (bicyclic) bond motifs is 2. The summed E-state index contributed by atoms with van der Waals surface area (Å²) in [6.07, 6.45) is -2.15. The predicted molar refractivity (Wildman–Crippen MR) is 109 cm³/mol. The number of aromatic amines is 1. The van der Waals surface area contributed by atoms with Crippen LogP contribution in [0.15, 0.2) is 60.9 Å². The van der Waals surface area contributed by atoms with Crippen molar-refractivity contribution < 1.29 is 13.2 Å². The SMILES string of the molecule is FC(F)(F)c1cnc(NC2CNCc3ccccc32)nc1-c1c[nH]c2ccccc12. The summed E-state index contributed by atoms with van der Waals surface area (Å²) in [5.41, 5.74) is 2.37. The zero-order valence-electron chi connectivity index (χ0n) is 15.8. The van der Waals surface area contributed by atoms with Gasteiger partial charge in [-0.05, 0) is 17.2 Å². The number of hydrogen-bond acceptors (Lipinski definition) is 4. The Morgan fingerprint density at radius 3 is 2.70 bits per heavy atom. The number of H-pyrrole nitrogens is 1. The van der Waals surface area contributed by atoms with Gasteiger partial charge in [-0.3, -0.25) is 0 Å². The van der Waals surface area contributed by atoms with Crippen molar-refractivity contribution >= 4 is 16.9 Å². The summed E-state index contributed by atoms with van der Waals surface area (Å²) in [6.45, 7) is 1.38. The minimum absolute atomic E-state index is 0.137. The highest BCUT2D eigenvalue weighted by atomic mass is 19.4. The van der Waals surface area contributed by atoms with Crippen molar-refractivity contribution in [3.8, 4) is 11.3 Å². The van der Waals surface area contributed by atoms with E-state index in [0.717, 1.165) is 29.4 Å². The molecule has 1 aliphatic heterocycles. The predicted octanol–water partition coefficient (Wildman–Crippen LogP) is 4.90. The topological polar surface area (TPSA) is 65.6 Å². The molecule has 0 saturated heterocycles. The van der Waals surface area contributed by atoms with Crippen LogP contribution in [0, 0.1) is 0 Å². The van der Waals surface area contributed by atoms with Crippen LogP contribution in [0.25, 0.3) is 22.2 Å². The van der Waals surface area contributed by atoms with Gasteiger partial charge in [-0.1, -0.05) is 42.5 Å². The molecular weight excluding hydrogens is 391 g/mol. The highest BCUT2D eigenvalue weighted by Gasteiger charge is 2.36. The van der Waals surface area contributed by atoms with Crippen molar-refractivity contribution in [2.24, 2.45) is 0 Å². The third kappa shape index (κ3) is 3.29. The molecule has 3 heterocycles. The van der Waals surface area contributed by atoms with Crippen LogP contribution in [-0.2, 0) is 12.7 Å². The number of rotatable bonds is 3. The second-order valence-electron chi connectivity index (χ2n) is 7.23. The van der Waals surface area contributed by atoms with E-state index in [-0.39, 0.29) is 17.7 Å². The largest absolute Gasteiger partial charge is 0.419 e. The van der Waals surface area contributed by atoms with Crippen LogP contribution >= 0.6 is 0 Å². The van der Waals surface area contributed by atoms with Crippen LogP contribution in [0.5, 0.6) is 0 Å². The number of nitrogens with zero attached hydrogens (tertiary/aromatic N) is 2. The van der Waals surface area contributed by atoms with Gasteiger partial charge >= 0.3 is 6.18 Å². The first-order valence-corrected chi connectivity index (χ1v) is 9.56. The van der Waals surface area contributed by atoms with E-state index in [1.165, 1.54) is 0 Å². The Morgan fingerprint density at radius 2 is 1.83 bits per heavy atom. The zero-order valence-corrected chi connectivity index (χ0v) is 15.8. The summed E-state index contributed by atoms with van der Waals surface area (Å²) in [5.74, 6) is 0.159. The van der Waals surface area contributed by atoms with Crippen molar-refractivity contribution in [1.82, 2.24) is 20.3 Å². The maximum atomic E-state index is 13.7. The number of aromatic nitrogens is 3. The lowest BCUT2D eigenvalue weighted by atomic mass is 9.97. The minimum atomic E-state index is -4.56. The fourth-order valence-corrected chi connectivity index (χ4v) is 3.91. The molecule has 0 saturated carbocycles. The number of anilines is 1. The molecule has 5 rings (SSSR count). The fourth-order valence-electron chi connectivity index (χ4n) is 3.91. The number of halogens is 3. The molecule has 1 aliphatic rings. The normalized spacial score (nSPS) is 16.4. The van der Waals surface area contributed by atoms with Gasteiger partial charge in [0.15, 0.2) is 0 Å². The van der Waals surface area contributed by atoms with E-state index < -0.39 is 11.7 Å². The monoisotopic (exact) mass is 409 g/mol. The molecule has 1 atom stereocenters. The van der Waals surface area contributed by atoms with Crippen molar-refractivity contribution in [3.63, 3.8) is 0 Å². The Kier molecular flexibility index (Phi) is 4.43.